The number of carbonyl (C=O) groups excluding carboxylic acids is 2. The van der Waals surface area contributed by atoms with Crippen LogP contribution in [-0.4, -0.2) is 32.3 Å². The van der Waals surface area contributed by atoms with Gasteiger partial charge in [-0.1, -0.05) is 53.7 Å². The average molecular weight is 430 g/mol. The predicted octanol–water partition coefficient (Wildman–Crippen LogP) is 3.10. The van der Waals surface area contributed by atoms with Gasteiger partial charge in [0, 0.05) is 17.1 Å². The van der Waals surface area contributed by atoms with Gasteiger partial charge in [0.15, 0.2) is 11.0 Å². The number of hydrogen-bond donors (Lipinski definition) is 2. The van der Waals surface area contributed by atoms with E-state index in [1.807, 2.05) is 54.0 Å². The van der Waals surface area contributed by atoms with Crippen molar-refractivity contribution in [2.45, 2.75) is 25.0 Å². The maximum absolute atomic E-state index is 12.1. The Balaban J connectivity index is 1.52. The molecule has 0 spiro atoms. The van der Waals surface area contributed by atoms with Gasteiger partial charge in [0.25, 0.3) is 0 Å². The van der Waals surface area contributed by atoms with E-state index in [4.69, 9.17) is 11.6 Å². The van der Waals surface area contributed by atoms with Gasteiger partial charge in [-0.3, -0.25) is 20.4 Å². The van der Waals surface area contributed by atoms with Crippen LogP contribution in [0.3, 0.4) is 0 Å². The van der Waals surface area contributed by atoms with E-state index in [0.717, 1.165) is 11.1 Å². The molecule has 3 rings (SSSR count). The molecule has 29 heavy (non-hydrogen) atoms. The van der Waals surface area contributed by atoms with E-state index in [0.29, 0.717) is 22.5 Å². The summed E-state index contributed by atoms with van der Waals surface area (Å²) >= 11 is 7.19. The van der Waals surface area contributed by atoms with Gasteiger partial charge in [-0.05, 0) is 36.8 Å². The van der Waals surface area contributed by atoms with E-state index in [2.05, 4.69) is 21.0 Å². The fraction of sp³-hybridized carbons (Fsp3) is 0.200. The lowest BCUT2D eigenvalue weighted by molar-refractivity contribution is -0.127. The third-order valence-corrected chi connectivity index (χ3v) is 5.24. The summed E-state index contributed by atoms with van der Waals surface area (Å²) in [5.74, 6) is 0.208. The highest BCUT2D eigenvalue weighted by Crippen LogP contribution is 2.24. The number of hydrazine groups is 1. The molecular formula is C20H20ClN5O2S. The number of hydrogen-bond acceptors (Lipinski definition) is 5. The molecule has 0 aliphatic rings. The van der Waals surface area contributed by atoms with Gasteiger partial charge in [-0.2, -0.15) is 0 Å². The lowest BCUT2D eigenvalue weighted by Gasteiger charge is -2.09. The molecule has 0 aliphatic heterocycles. The van der Waals surface area contributed by atoms with Gasteiger partial charge in [-0.15, -0.1) is 10.2 Å². The van der Waals surface area contributed by atoms with Crippen molar-refractivity contribution in [3.8, 4) is 11.4 Å². The number of nitrogens with one attached hydrogen (secondary N) is 2. The zero-order valence-corrected chi connectivity index (χ0v) is 17.3. The molecule has 150 valence electrons. The van der Waals surface area contributed by atoms with Crippen LogP contribution in [-0.2, 0) is 22.6 Å². The second-order valence-electron chi connectivity index (χ2n) is 6.10. The smallest absolute Gasteiger partial charge is 0.248 e. The lowest BCUT2D eigenvalue weighted by atomic mass is 10.1. The summed E-state index contributed by atoms with van der Waals surface area (Å²) in [6, 6.07) is 16.7. The van der Waals surface area contributed by atoms with E-state index in [9.17, 15) is 9.59 Å². The first kappa shape index (κ1) is 20.9. The van der Waals surface area contributed by atoms with Crippen LogP contribution in [0, 0.1) is 0 Å². The van der Waals surface area contributed by atoms with Crippen molar-refractivity contribution in [2.75, 3.05) is 5.75 Å². The Morgan fingerprint density at radius 3 is 2.38 bits per heavy atom. The van der Waals surface area contributed by atoms with E-state index in [1.165, 1.54) is 11.8 Å². The molecule has 0 bridgehead atoms. The quantitative estimate of drug-likeness (QED) is 0.445. The Hall–Kier alpha value is -2.84. The minimum atomic E-state index is -0.324. The van der Waals surface area contributed by atoms with Gasteiger partial charge in [0.05, 0.1) is 12.2 Å². The number of halogens is 1. The van der Waals surface area contributed by atoms with Crippen molar-refractivity contribution in [1.82, 2.24) is 25.6 Å². The number of amides is 2. The molecule has 2 aromatic carbocycles. The van der Waals surface area contributed by atoms with E-state index in [-0.39, 0.29) is 24.0 Å². The summed E-state index contributed by atoms with van der Waals surface area (Å²) in [6.45, 7) is 2.64. The average Bonchev–Trinajstić information content (AvgIpc) is 3.15. The van der Waals surface area contributed by atoms with Crippen molar-refractivity contribution in [3.05, 3.63) is 65.2 Å². The van der Waals surface area contributed by atoms with Gasteiger partial charge >= 0.3 is 0 Å². The number of benzene rings is 2. The topological polar surface area (TPSA) is 88.9 Å². The van der Waals surface area contributed by atoms with Crippen molar-refractivity contribution >= 4 is 35.2 Å². The van der Waals surface area contributed by atoms with Crippen LogP contribution < -0.4 is 10.9 Å². The van der Waals surface area contributed by atoms with Crippen molar-refractivity contribution < 1.29 is 9.59 Å². The molecule has 1 heterocycles. The fourth-order valence-corrected chi connectivity index (χ4v) is 3.55. The maximum Gasteiger partial charge on any atom is 0.248 e. The molecule has 3 aromatic rings. The number of aromatic nitrogens is 3. The monoisotopic (exact) mass is 429 g/mol. The Labute approximate surface area is 177 Å². The first-order chi connectivity index (χ1) is 14.1. The molecule has 2 amide bonds. The molecule has 9 heteroatoms. The normalized spacial score (nSPS) is 10.6. The Kier molecular flexibility index (Phi) is 7.26. The summed E-state index contributed by atoms with van der Waals surface area (Å²) < 4.78 is 1.93. The highest BCUT2D eigenvalue weighted by molar-refractivity contribution is 7.99. The Bertz CT molecular complexity index is 976. The summed E-state index contributed by atoms with van der Waals surface area (Å²) in [5, 5.41) is 9.70. The first-order valence-electron chi connectivity index (χ1n) is 9.00. The molecule has 0 saturated heterocycles. The molecule has 0 atom stereocenters. The van der Waals surface area contributed by atoms with Crippen molar-refractivity contribution in [1.29, 1.82) is 0 Å². The van der Waals surface area contributed by atoms with Crippen LogP contribution in [0.4, 0.5) is 0 Å². The minimum absolute atomic E-state index is 0.102. The summed E-state index contributed by atoms with van der Waals surface area (Å²) in [4.78, 5) is 24.0. The van der Waals surface area contributed by atoms with Crippen LogP contribution in [0.1, 0.15) is 12.5 Å². The van der Waals surface area contributed by atoms with Gasteiger partial charge < -0.3 is 4.57 Å². The zero-order valence-electron chi connectivity index (χ0n) is 15.8. The predicted molar refractivity (Wildman–Crippen MR) is 113 cm³/mol. The third-order valence-electron chi connectivity index (χ3n) is 4.02. The number of thioether (sulfide) groups is 1. The molecule has 0 unspecified atom stereocenters. The van der Waals surface area contributed by atoms with E-state index >= 15 is 0 Å². The fourth-order valence-electron chi connectivity index (χ4n) is 2.62. The highest BCUT2D eigenvalue weighted by Gasteiger charge is 2.15. The van der Waals surface area contributed by atoms with Crippen LogP contribution in [0.2, 0.25) is 5.02 Å². The molecule has 0 radical (unpaired) electrons. The Morgan fingerprint density at radius 1 is 1.00 bits per heavy atom. The summed E-state index contributed by atoms with van der Waals surface area (Å²) in [6.07, 6.45) is 0.197. The number of nitrogens with zero attached hydrogens (tertiary/aromatic N) is 3. The molecule has 2 N–H and O–H groups in total. The number of rotatable bonds is 7. The molecule has 0 saturated carbocycles. The van der Waals surface area contributed by atoms with Crippen molar-refractivity contribution in [2.24, 2.45) is 0 Å². The van der Waals surface area contributed by atoms with Gasteiger partial charge in [0.2, 0.25) is 11.8 Å². The first-order valence-corrected chi connectivity index (χ1v) is 10.4. The molecule has 7 nitrogen and oxygen atoms in total. The maximum atomic E-state index is 12.1. The molecule has 0 aliphatic carbocycles. The summed E-state index contributed by atoms with van der Waals surface area (Å²) in [7, 11) is 0. The largest absolute Gasteiger partial charge is 0.302 e. The van der Waals surface area contributed by atoms with Crippen molar-refractivity contribution in [3.63, 3.8) is 0 Å². The van der Waals surface area contributed by atoms with E-state index in [1.54, 1.807) is 12.1 Å². The van der Waals surface area contributed by atoms with Gasteiger partial charge in [-0.25, -0.2) is 0 Å². The second kappa shape index (κ2) is 10.1. The molecule has 0 fully saturated rings. The SMILES string of the molecule is CCn1c(SCC(=O)NNC(=O)Cc2ccccc2)nnc1-c1ccc(Cl)cc1. The summed E-state index contributed by atoms with van der Waals surface area (Å²) in [5.41, 5.74) is 6.62. The highest BCUT2D eigenvalue weighted by atomic mass is 35.5. The second-order valence-corrected chi connectivity index (χ2v) is 7.48. The lowest BCUT2D eigenvalue weighted by Crippen LogP contribution is -2.43. The zero-order chi connectivity index (χ0) is 20.6. The van der Waals surface area contributed by atoms with Crippen LogP contribution >= 0.6 is 23.4 Å². The number of carbonyl (C=O) groups is 2. The molecular weight excluding hydrogens is 410 g/mol. The third kappa shape index (κ3) is 5.82. The van der Waals surface area contributed by atoms with Crippen LogP contribution in [0.5, 0.6) is 0 Å². The Morgan fingerprint density at radius 2 is 1.69 bits per heavy atom. The van der Waals surface area contributed by atoms with Gasteiger partial charge in [0.1, 0.15) is 0 Å². The van der Waals surface area contributed by atoms with E-state index < -0.39 is 0 Å². The molecule has 1 aromatic heterocycles. The minimum Gasteiger partial charge on any atom is -0.302 e. The van der Waals surface area contributed by atoms with Crippen LogP contribution in [0.25, 0.3) is 11.4 Å². The standard InChI is InChI=1S/C20H20ClN5O2S/c1-2-26-19(15-8-10-16(21)11-9-15)24-25-20(26)29-13-18(28)23-22-17(27)12-14-6-4-3-5-7-14/h3-11H,2,12-13H2,1H3,(H,22,27)(H,23,28). The van der Waals surface area contributed by atoms with Crippen LogP contribution in [0.15, 0.2) is 59.8 Å².